The Labute approximate surface area is 130 Å². The molecule has 0 N–H and O–H groups in total. The van der Waals surface area contributed by atoms with Crippen LogP contribution in [0.4, 0.5) is 0 Å². The lowest BCUT2D eigenvalue weighted by molar-refractivity contribution is 0.0968. The van der Waals surface area contributed by atoms with E-state index in [0.717, 1.165) is 15.5 Å². The van der Waals surface area contributed by atoms with E-state index in [1.165, 1.54) is 16.8 Å². The van der Waals surface area contributed by atoms with E-state index in [2.05, 4.69) is 15.9 Å². The molecule has 0 atom stereocenters. The predicted molar refractivity (Wildman–Crippen MR) is 83.7 cm³/mol. The van der Waals surface area contributed by atoms with E-state index in [1.54, 1.807) is 24.3 Å². The third-order valence-electron chi connectivity index (χ3n) is 3.05. The summed E-state index contributed by atoms with van der Waals surface area (Å²) in [7, 11) is 0. The van der Waals surface area contributed by atoms with Crippen molar-refractivity contribution in [1.29, 1.82) is 0 Å². The van der Waals surface area contributed by atoms with Gasteiger partial charge >= 0.3 is 5.69 Å². The van der Waals surface area contributed by atoms with E-state index < -0.39 is 11.2 Å². The fourth-order valence-electron chi connectivity index (χ4n) is 2.01. The van der Waals surface area contributed by atoms with Gasteiger partial charge in [0.1, 0.15) is 0 Å². The number of carbonyl (C=O) groups excluding carboxylic acids is 1. The zero-order valence-corrected chi connectivity index (χ0v) is 13.2. The van der Waals surface area contributed by atoms with Crippen LogP contribution in [-0.4, -0.2) is 14.9 Å². The average molecular weight is 351 g/mol. The predicted octanol–water partition coefficient (Wildman–Crippen LogP) is 2.07. The van der Waals surface area contributed by atoms with Gasteiger partial charge in [0.25, 0.3) is 5.56 Å². The van der Waals surface area contributed by atoms with Crippen LogP contribution in [0.15, 0.2) is 50.6 Å². The third kappa shape index (κ3) is 3.58. The molecule has 1 heterocycles. The van der Waals surface area contributed by atoms with E-state index in [9.17, 15) is 14.4 Å². The molecule has 6 heteroatoms. The van der Waals surface area contributed by atoms with Gasteiger partial charge in [-0.2, -0.15) is 0 Å². The monoisotopic (exact) mass is 350 g/mol. The van der Waals surface area contributed by atoms with Crippen LogP contribution in [0.2, 0.25) is 0 Å². The summed E-state index contributed by atoms with van der Waals surface area (Å²) >= 11 is 3.29. The molecule has 0 amide bonds. The maximum absolute atomic E-state index is 12.2. The van der Waals surface area contributed by atoms with Gasteiger partial charge in [-0.3, -0.25) is 14.2 Å². The van der Waals surface area contributed by atoms with Crippen molar-refractivity contribution in [2.24, 2.45) is 0 Å². The molecule has 0 aliphatic carbocycles. The Morgan fingerprint density at radius 3 is 2.67 bits per heavy atom. The van der Waals surface area contributed by atoms with Crippen LogP contribution < -0.4 is 11.2 Å². The molecule has 2 rings (SSSR count). The first-order valence-electron chi connectivity index (χ1n) is 6.62. The Morgan fingerprint density at radius 1 is 1.24 bits per heavy atom. The van der Waals surface area contributed by atoms with Crippen LogP contribution in [0.1, 0.15) is 23.7 Å². The standard InChI is InChI=1S/C15H15BrN2O3/c1-2-7-17-8-6-14(20)18(15(17)21)10-13(19)11-4-3-5-12(16)9-11/h3-6,8-9H,2,7,10H2,1H3. The first-order valence-corrected chi connectivity index (χ1v) is 7.41. The van der Waals surface area contributed by atoms with Crippen molar-refractivity contribution >= 4 is 21.7 Å². The van der Waals surface area contributed by atoms with Crippen LogP contribution in [0.5, 0.6) is 0 Å². The van der Waals surface area contributed by atoms with Gasteiger partial charge in [-0.05, 0) is 18.6 Å². The maximum atomic E-state index is 12.2. The highest BCUT2D eigenvalue weighted by Crippen LogP contribution is 2.12. The zero-order chi connectivity index (χ0) is 15.4. The van der Waals surface area contributed by atoms with Crippen molar-refractivity contribution in [2.75, 3.05) is 0 Å². The molecule has 0 fully saturated rings. The highest BCUT2D eigenvalue weighted by atomic mass is 79.9. The van der Waals surface area contributed by atoms with E-state index in [-0.39, 0.29) is 12.3 Å². The van der Waals surface area contributed by atoms with Crippen LogP contribution in [-0.2, 0) is 13.1 Å². The summed E-state index contributed by atoms with van der Waals surface area (Å²) in [5.41, 5.74) is -0.454. The van der Waals surface area contributed by atoms with E-state index in [0.29, 0.717) is 12.1 Å². The molecule has 0 aliphatic rings. The van der Waals surface area contributed by atoms with E-state index in [4.69, 9.17) is 0 Å². The molecule has 0 spiro atoms. The van der Waals surface area contributed by atoms with Crippen LogP contribution in [0, 0.1) is 0 Å². The first kappa shape index (κ1) is 15.4. The van der Waals surface area contributed by atoms with Crippen molar-refractivity contribution in [3.8, 4) is 0 Å². The molecule has 1 aromatic heterocycles. The molecule has 0 saturated carbocycles. The summed E-state index contributed by atoms with van der Waals surface area (Å²) in [4.78, 5) is 36.2. The molecule has 0 radical (unpaired) electrons. The summed E-state index contributed by atoms with van der Waals surface area (Å²) in [6.45, 7) is 2.21. The van der Waals surface area contributed by atoms with Gasteiger partial charge in [-0.15, -0.1) is 0 Å². The smallest absolute Gasteiger partial charge is 0.300 e. The second-order valence-corrected chi connectivity index (χ2v) is 5.57. The number of aryl methyl sites for hydroxylation is 1. The summed E-state index contributed by atoms with van der Waals surface area (Å²) in [5, 5.41) is 0. The number of carbonyl (C=O) groups is 1. The number of ketones is 1. The number of rotatable bonds is 5. The van der Waals surface area contributed by atoms with Crippen molar-refractivity contribution in [2.45, 2.75) is 26.4 Å². The van der Waals surface area contributed by atoms with Crippen molar-refractivity contribution in [3.63, 3.8) is 0 Å². The molecule has 110 valence electrons. The van der Waals surface area contributed by atoms with E-state index in [1.807, 2.05) is 6.92 Å². The SMILES string of the molecule is CCCn1ccc(=O)n(CC(=O)c2cccc(Br)c2)c1=O. The zero-order valence-electron chi connectivity index (χ0n) is 11.6. The molecule has 0 bridgehead atoms. The summed E-state index contributed by atoms with van der Waals surface area (Å²) in [6, 6.07) is 8.18. The Balaban J connectivity index is 2.35. The number of benzene rings is 1. The molecular formula is C15H15BrN2O3. The van der Waals surface area contributed by atoms with Gasteiger partial charge in [0.15, 0.2) is 5.78 Å². The van der Waals surface area contributed by atoms with Crippen molar-refractivity contribution in [1.82, 2.24) is 9.13 Å². The molecule has 0 unspecified atom stereocenters. The van der Waals surface area contributed by atoms with Gasteiger partial charge in [-0.25, -0.2) is 4.79 Å². The fourth-order valence-corrected chi connectivity index (χ4v) is 2.41. The van der Waals surface area contributed by atoms with Crippen LogP contribution >= 0.6 is 15.9 Å². The topological polar surface area (TPSA) is 61.1 Å². The summed E-state index contributed by atoms with van der Waals surface area (Å²) in [6.07, 6.45) is 2.24. The molecule has 21 heavy (non-hydrogen) atoms. The molecule has 1 aromatic carbocycles. The Morgan fingerprint density at radius 2 is 2.00 bits per heavy atom. The second kappa shape index (κ2) is 6.67. The highest BCUT2D eigenvalue weighted by molar-refractivity contribution is 9.10. The lowest BCUT2D eigenvalue weighted by Crippen LogP contribution is -2.40. The Bertz CT molecular complexity index is 777. The number of aromatic nitrogens is 2. The normalized spacial score (nSPS) is 10.6. The molecule has 0 saturated heterocycles. The third-order valence-corrected chi connectivity index (χ3v) is 3.55. The van der Waals surface area contributed by atoms with Gasteiger partial charge in [0.05, 0.1) is 6.54 Å². The lowest BCUT2D eigenvalue weighted by Gasteiger charge is -2.08. The minimum Gasteiger partial charge on any atom is -0.300 e. The van der Waals surface area contributed by atoms with Crippen LogP contribution in [0.3, 0.4) is 0 Å². The minimum atomic E-state index is -0.462. The quantitative estimate of drug-likeness (QED) is 0.775. The number of hydrogen-bond acceptors (Lipinski definition) is 3. The van der Waals surface area contributed by atoms with Gasteiger partial charge in [-0.1, -0.05) is 35.0 Å². The summed E-state index contributed by atoms with van der Waals surface area (Å²) in [5.74, 6) is -0.273. The Kier molecular flexibility index (Phi) is 4.90. The van der Waals surface area contributed by atoms with Gasteiger partial charge in [0, 0.05) is 28.8 Å². The van der Waals surface area contributed by atoms with Crippen molar-refractivity contribution in [3.05, 3.63) is 67.4 Å². The highest BCUT2D eigenvalue weighted by Gasteiger charge is 2.12. The lowest BCUT2D eigenvalue weighted by atomic mass is 10.1. The number of hydrogen-bond donors (Lipinski definition) is 0. The fraction of sp³-hybridized carbons (Fsp3) is 0.267. The number of nitrogens with zero attached hydrogens (tertiary/aromatic N) is 2. The van der Waals surface area contributed by atoms with Crippen molar-refractivity contribution < 1.29 is 4.79 Å². The second-order valence-electron chi connectivity index (χ2n) is 4.65. The summed E-state index contributed by atoms with van der Waals surface area (Å²) < 4.78 is 3.19. The van der Waals surface area contributed by atoms with E-state index >= 15 is 0 Å². The maximum Gasteiger partial charge on any atom is 0.331 e. The largest absolute Gasteiger partial charge is 0.331 e. The Hall–Kier alpha value is -1.95. The molecule has 2 aromatic rings. The number of Topliss-reactive ketones (excluding diaryl/α,β-unsaturated/α-hetero) is 1. The average Bonchev–Trinajstić information content (AvgIpc) is 2.46. The van der Waals surface area contributed by atoms with Crippen LogP contribution in [0.25, 0.3) is 0 Å². The first-order chi connectivity index (χ1) is 10.0. The molecule has 0 aliphatic heterocycles. The molecular weight excluding hydrogens is 336 g/mol. The van der Waals surface area contributed by atoms with Gasteiger partial charge < -0.3 is 4.57 Å². The van der Waals surface area contributed by atoms with Gasteiger partial charge in [0.2, 0.25) is 0 Å². The molecule has 5 nitrogen and oxygen atoms in total. The number of halogens is 1. The minimum absolute atomic E-state index is 0.251.